The van der Waals surface area contributed by atoms with E-state index in [1.165, 1.54) is 0 Å². The Morgan fingerprint density at radius 3 is 2.95 bits per heavy atom. The monoisotopic (exact) mass is 331 g/mol. The second-order valence-electron chi connectivity index (χ2n) is 4.78. The fourth-order valence-electron chi connectivity index (χ4n) is 2.21. The molecule has 0 spiro atoms. The molecule has 0 aliphatic heterocycles. The van der Waals surface area contributed by atoms with Crippen molar-refractivity contribution in [2.45, 2.75) is 5.75 Å². The van der Waals surface area contributed by atoms with Crippen LogP contribution in [0.3, 0.4) is 0 Å². The van der Waals surface area contributed by atoms with Crippen LogP contribution in [0.5, 0.6) is 0 Å². The Balaban J connectivity index is 1.87. The molecule has 0 saturated carbocycles. The van der Waals surface area contributed by atoms with Crippen molar-refractivity contribution in [1.82, 2.24) is 9.61 Å². The van der Waals surface area contributed by atoms with Crippen LogP contribution in [-0.4, -0.2) is 21.8 Å². The summed E-state index contributed by atoms with van der Waals surface area (Å²) in [4.78, 5) is 12.4. The molecule has 6 heteroatoms. The molecule has 1 aromatic carbocycles. The van der Waals surface area contributed by atoms with Gasteiger partial charge in [0, 0.05) is 17.6 Å². The third-order valence-corrected chi connectivity index (χ3v) is 4.19. The van der Waals surface area contributed by atoms with Gasteiger partial charge < -0.3 is 5.32 Å². The zero-order valence-electron chi connectivity index (χ0n) is 11.9. The van der Waals surface area contributed by atoms with Crippen molar-refractivity contribution >= 4 is 40.5 Å². The summed E-state index contributed by atoms with van der Waals surface area (Å²) in [6.45, 7) is 0. The number of rotatable bonds is 4. The number of anilines is 1. The van der Waals surface area contributed by atoms with Crippen LogP contribution in [-0.2, 0) is 5.75 Å². The van der Waals surface area contributed by atoms with Gasteiger partial charge in [0.05, 0.1) is 10.5 Å². The van der Waals surface area contributed by atoms with Gasteiger partial charge >= 0.3 is 0 Å². The Bertz CT molecular complexity index is 831. The van der Waals surface area contributed by atoms with Gasteiger partial charge in [-0.2, -0.15) is 16.9 Å². The van der Waals surface area contributed by atoms with Gasteiger partial charge in [0.25, 0.3) is 5.91 Å². The third kappa shape index (κ3) is 2.96. The summed E-state index contributed by atoms with van der Waals surface area (Å²) in [6.07, 6.45) is 3.80. The van der Waals surface area contributed by atoms with Crippen molar-refractivity contribution in [3.8, 4) is 0 Å². The van der Waals surface area contributed by atoms with Gasteiger partial charge in [0.2, 0.25) is 0 Å². The number of amides is 1. The number of nitrogens with one attached hydrogen (secondary N) is 1. The second-order valence-corrected chi connectivity index (χ2v) is 6.02. The van der Waals surface area contributed by atoms with Gasteiger partial charge in [-0.05, 0) is 36.1 Å². The number of nitrogens with zero attached hydrogens (tertiary/aromatic N) is 2. The smallest absolute Gasteiger partial charge is 0.277 e. The maximum Gasteiger partial charge on any atom is 0.277 e. The van der Waals surface area contributed by atoms with E-state index in [1.807, 2.05) is 48.7 Å². The highest BCUT2D eigenvalue weighted by Crippen LogP contribution is 2.23. The summed E-state index contributed by atoms with van der Waals surface area (Å²) in [7, 11) is 0. The molecule has 22 heavy (non-hydrogen) atoms. The minimum Gasteiger partial charge on any atom is -0.321 e. The number of carbonyl (C=O) groups excluding carboxylic acids is 1. The second kappa shape index (κ2) is 6.42. The van der Waals surface area contributed by atoms with Crippen LogP contribution in [0, 0.1) is 0 Å². The van der Waals surface area contributed by atoms with Crippen LogP contribution in [0.2, 0.25) is 5.02 Å². The SMILES string of the molecule is CSCc1cccc(NC(=O)c2nn3ccccc3c2Cl)c1. The maximum atomic E-state index is 12.4. The lowest BCUT2D eigenvalue weighted by atomic mass is 10.2. The van der Waals surface area contributed by atoms with Crippen LogP contribution < -0.4 is 5.32 Å². The Labute approximate surface area is 137 Å². The minimum atomic E-state index is -0.310. The van der Waals surface area contributed by atoms with Crippen LogP contribution in [0.15, 0.2) is 48.7 Å². The first-order valence-electron chi connectivity index (χ1n) is 6.71. The van der Waals surface area contributed by atoms with E-state index < -0.39 is 0 Å². The van der Waals surface area contributed by atoms with Crippen molar-refractivity contribution in [3.05, 3.63) is 64.9 Å². The highest BCUT2D eigenvalue weighted by molar-refractivity contribution is 7.97. The first-order chi connectivity index (χ1) is 10.7. The van der Waals surface area contributed by atoms with E-state index in [0.717, 1.165) is 17.0 Å². The average Bonchev–Trinajstić information content (AvgIpc) is 2.86. The number of fused-ring (bicyclic) bond motifs is 1. The first-order valence-corrected chi connectivity index (χ1v) is 8.48. The van der Waals surface area contributed by atoms with Gasteiger partial charge in [-0.25, -0.2) is 4.52 Å². The number of aromatic nitrogens is 2. The minimum absolute atomic E-state index is 0.225. The molecular formula is C16H14ClN3OS. The van der Waals surface area contributed by atoms with E-state index >= 15 is 0 Å². The Hall–Kier alpha value is -1.98. The van der Waals surface area contributed by atoms with Crippen LogP contribution in [0.25, 0.3) is 5.52 Å². The molecule has 3 rings (SSSR count). The number of hydrogen-bond acceptors (Lipinski definition) is 3. The van der Waals surface area contributed by atoms with Crippen molar-refractivity contribution in [3.63, 3.8) is 0 Å². The van der Waals surface area contributed by atoms with E-state index in [1.54, 1.807) is 22.5 Å². The summed E-state index contributed by atoms with van der Waals surface area (Å²) in [6, 6.07) is 13.3. The standard InChI is InChI=1S/C16H14ClN3OS/c1-22-10-11-5-4-6-12(9-11)18-16(21)15-14(17)13-7-2-3-8-20(13)19-15/h2-9H,10H2,1H3,(H,18,21). The van der Waals surface area contributed by atoms with Gasteiger partial charge in [0.15, 0.2) is 5.69 Å². The third-order valence-electron chi connectivity index (χ3n) is 3.19. The van der Waals surface area contributed by atoms with Gasteiger partial charge in [-0.1, -0.05) is 29.8 Å². The number of halogens is 1. The van der Waals surface area contributed by atoms with Crippen LogP contribution >= 0.6 is 23.4 Å². The van der Waals surface area contributed by atoms with E-state index in [9.17, 15) is 4.79 Å². The Kier molecular flexibility index (Phi) is 4.36. The average molecular weight is 332 g/mol. The highest BCUT2D eigenvalue weighted by Gasteiger charge is 2.17. The molecule has 0 aliphatic rings. The summed E-state index contributed by atoms with van der Waals surface area (Å²) in [5.74, 6) is 0.591. The van der Waals surface area contributed by atoms with Gasteiger partial charge in [-0.15, -0.1) is 0 Å². The Morgan fingerprint density at radius 1 is 1.32 bits per heavy atom. The number of hydrogen-bond donors (Lipinski definition) is 1. The molecule has 1 amide bonds. The molecule has 0 atom stereocenters. The topological polar surface area (TPSA) is 46.4 Å². The molecule has 4 nitrogen and oxygen atoms in total. The molecule has 2 heterocycles. The molecule has 0 bridgehead atoms. The first kappa shape index (κ1) is 14.9. The lowest BCUT2D eigenvalue weighted by Gasteiger charge is -2.05. The fraction of sp³-hybridized carbons (Fsp3) is 0.125. The van der Waals surface area contributed by atoms with E-state index in [2.05, 4.69) is 10.4 Å². The molecule has 112 valence electrons. The summed E-state index contributed by atoms with van der Waals surface area (Å²) >= 11 is 7.99. The van der Waals surface area contributed by atoms with Crippen LogP contribution in [0.1, 0.15) is 16.1 Å². The molecule has 0 aliphatic carbocycles. The number of thioether (sulfide) groups is 1. The number of benzene rings is 1. The normalized spacial score (nSPS) is 10.8. The lowest BCUT2D eigenvalue weighted by molar-refractivity contribution is 0.102. The maximum absolute atomic E-state index is 12.4. The number of pyridine rings is 1. The zero-order chi connectivity index (χ0) is 15.5. The van der Waals surface area contributed by atoms with Crippen molar-refractivity contribution in [2.75, 3.05) is 11.6 Å². The predicted molar refractivity (Wildman–Crippen MR) is 91.8 cm³/mol. The zero-order valence-corrected chi connectivity index (χ0v) is 13.5. The highest BCUT2D eigenvalue weighted by atomic mass is 35.5. The largest absolute Gasteiger partial charge is 0.321 e. The molecule has 0 saturated heterocycles. The van der Waals surface area contributed by atoms with E-state index in [0.29, 0.717) is 10.5 Å². The lowest BCUT2D eigenvalue weighted by Crippen LogP contribution is -2.13. The van der Waals surface area contributed by atoms with Gasteiger partial charge in [0.1, 0.15) is 0 Å². The van der Waals surface area contributed by atoms with Crippen LogP contribution in [0.4, 0.5) is 5.69 Å². The van der Waals surface area contributed by atoms with E-state index in [-0.39, 0.29) is 11.6 Å². The fourth-order valence-corrected chi connectivity index (χ4v) is 3.00. The molecular weight excluding hydrogens is 318 g/mol. The van der Waals surface area contributed by atoms with E-state index in [4.69, 9.17) is 11.6 Å². The Morgan fingerprint density at radius 2 is 2.18 bits per heavy atom. The van der Waals surface area contributed by atoms with Crippen molar-refractivity contribution < 1.29 is 4.79 Å². The molecule has 0 radical (unpaired) electrons. The summed E-state index contributed by atoms with van der Waals surface area (Å²) in [5.41, 5.74) is 2.84. The predicted octanol–water partition coefficient (Wildman–Crippen LogP) is 4.10. The van der Waals surface area contributed by atoms with Crippen molar-refractivity contribution in [2.24, 2.45) is 0 Å². The molecule has 2 aromatic heterocycles. The molecule has 0 fully saturated rings. The summed E-state index contributed by atoms with van der Waals surface area (Å²) in [5, 5.41) is 7.45. The molecule has 3 aromatic rings. The number of carbonyl (C=O) groups is 1. The quantitative estimate of drug-likeness (QED) is 0.782. The molecule has 1 N–H and O–H groups in total. The molecule has 0 unspecified atom stereocenters. The summed E-state index contributed by atoms with van der Waals surface area (Å²) < 4.78 is 1.60. The van der Waals surface area contributed by atoms with Crippen molar-refractivity contribution in [1.29, 1.82) is 0 Å². The van der Waals surface area contributed by atoms with Gasteiger partial charge in [-0.3, -0.25) is 4.79 Å².